The fourth-order valence-electron chi connectivity index (χ4n) is 1.80. The van der Waals surface area contributed by atoms with Crippen LogP contribution in [0.25, 0.3) is 0 Å². The number of aliphatic carboxylic acids is 1. The lowest BCUT2D eigenvalue weighted by Gasteiger charge is -2.14. The van der Waals surface area contributed by atoms with Gasteiger partial charge in [0.25, 0.3) is 11.8 Å². The zero-order valence-corrected chi connectivity index (χ0v) is 13.7. The molecule has 1 unspecified atom stereocenters. The van der Waals surface area contributed by atoms with E-state index in [1.54, 1.807) is 0 Å². The Kier molecular flexibility index (Phi) is 7.64. The van der Waals surface area contributed by atoms with Gasteiger partial charge in [-0.15, -0.1) is 6.58 Å². The van der Waals surface area contributed by atoms with Gasteiger partial charge >= 0.3 is 5.97 Å². The Morgan fingerprint density at radius 2 is 1.62 bits per heavy atom. The summed E-state index contributed by atoms with van der Waals surface area (Å²) in [7, 11) is 0. The van der Waals surface area contributed by atoms with Crippen LogP contribution >= 0.6 is 0 Å². The van der Waals surface area contributed by atoms with E-state index in [0.29, 0.717) is 5.56 Å². The summed E-state index contributed by atoms with van der Waals surface area (Å²) >= 11 is 0. The van der Waals surface area contributed by atoms with Gasteiger partial charge in [0.15, 0.2) is 6.04 Å². The van der Waals surface area contributed by atoms with Crippen molar-refractivity contribution in [2.24, 2.45) is 0 Å². The van der Waals surface area contributed by atoms with Crippen molar-refractivity contribution >= 4 is 17.8 Å². The van der Waals surface area contributed by atoms with Gasteiger partial charge in [-0.05, 0) is 38.1 Å². The number of nitrogens with one attached hydrogen (secondary N) is 2. The van der Waals surface area contributed by atoms with Gasteiger partial charge in [0, 0.05) is 17.2 Å². The molecule has 24 heavy (non-hydrogen) atoms. The Bertz CT molecular complexity index is 596. The number of benzene rings is 1. The van der Waals surface area contributed by atoms with E-state index < -0.39 is 17.9 Å². The van der Waals surface area contributed by atoms with Crippen molar-refractivity contribution in [3.05, 3.63) is 48.0 Å². The third kappa shape index (κ3) is 6.21. The number of hydrogen-bond donors (Lipinski definition) is 3. The van der Waals surface area contributed by atoms with Crippen LogP contribution < -0.4 is 10.6 Å². The monoisotopic (exact) mass is 334 g/mol. The highest BCUT2D eigenvalue weighted by molar-refractivity contribution is 5.99. The molecule has 0 aliphatic heterocycles. The SMILES string of the molecule is C=CCOCC(NC(=O)c1ccc(C(=O)NC(C)C)cc1)C(=O)O. The van der Waals surface area contributed by atoms with Gasteiger partial charge in [0.05, 0.1) is 13.2 Å². The molecule has 0 fully saturated rings. The van der Waals surface area contributed by atoms with Gasteiger partial charge < -0.3 is 20.5 Å². The summed E-state index contributed by atoms with van der Waals surface area (Å²) in [5, 5.41) is 14.2. The van der Waals surface area contributed by atoms with E-state index in [1.165, 1.54) is 30.3 Å². The van der Waals surface area contributed by atoms with E-state index in [0.717, 1.165) is 0 Å². The van der Waals surface area contributed by atoms with Gasteiger partial charge in [-0.1, -0.05) is 6.08 Å². The van der Waals surface area contributed by atoms with Crippen LogP contribution in [0.2, 0.25) is 0 Å². The molecule has 0 spiro atoms. The molecular formula is C17H22N2O5. The average Bonchev–Trinajstić information content (AvgIpc) is 2.53. The summed E-state index contributed by atoms with van der Waals surface area (Å²) in [5.41, 5.74) is 0.676. The molecule has 0 aromatic heterocycles. The first-order valence-corrected chi connectivity index (χ1v) is 7.48. The molecule has 0 saturated carbocycles. The predicted molar refractivity (Wildman–Crippen MR) is 89.0 cm³/mol. The van der Waals surface area contributed by atoms with E-state index in [9.17, 15) is 14.4 Å². The second-order valence-corrected chi connectivity index (χ2v) is 5.40. The molecule has 1 aromatic rings. The van der Waals surface area contributed by atoms with Crippen LogP contribution in [0.3, 0.4) is 0 Å². The molecule has 0 heterocycles. The topological polar surface area (TPSA) is 105 Å². The number of ether oxygens (including phenoxy) is 1. The summed E-state index contributed by atoms with van der Waals surface area (Å²) in [6.45, 7) is 7.18. The normalized spacial score (nSPS) is 11.6. The first-order chi connectivity index (χ1) is 11.3. The van der Waals surface area contributed by atoms with Crippen molar-refractivity contribution in [1.29, 1.82) is 0 Å². The molecule has 7 nitrogen and oxygen atoms in total. The number of hydrogen-bond acceptors (Lipinski definition) is 4. The van der Waals surface area contributed by atoms with Crippen LogP contribution in [-0.2, 0) is 9.53 Å². The maximum atomic E-state index is 12.1. The quantitative estimate of drug-likeness (QED) is 0.465. The van der Waals surface area contributed by atoms with Crippen LogP contribution in [0.4, 0.5) is 0 Å². The van der Waals surface area contributed by atoms with E-state index >= 15 is 0 Å². The lowest BCUT2D eigenvalue weighted by molar-refractivity contribution is -0.140. The van der Waals surface area contributed by atoms with E-state index in [1.807, 2.05) is 13.8 Å². The highest BCUT2D eigenvalue weighted by Gasteiger charge is 2.21. The van der Waals surface area contributed by atoms with Crippen molar-refractivity contribution in [3.8, 4) is 0 Å². The first-order valence-electron chi connectivity index (χ1n) is 7.48. The summed E-state index contributed by atoms with van der Waals surface area (Å²) in [6.07, 6.45) is 1.49. The molecule has 0 radical (unpaired) electrons. The Hall–Kier alpha value is -2.67. The predicted octanol–water partition coefficient (Wildman–Crippen LogP) is 1.21. The molecular weight excluding hydrogens is 312 g/mol. The van der Waals surface area contributed by atoms with Crippen molar-refractivity contribution in [1.82, 2.24) is 10.6 Å². The fraction of sp³-hybridized carbons (Fsp3) is 0.353. The minimum atomic E-state index is -1.19. The van der Waals surface area contributed by atoms with Gasteiger partial charge in [-0.3, -0.25) is 9.59 Å². The fourth-order valence-corrected chi connectivity index (χ4v) is 1.80. The molecule has 0 aliphatic carbocycles. The molecule has 1 aromatic carbocycles. The Morgan fingerprint density at radius 3 is 2.04 bits per heavy atom. The number of carbonyl (C=O) groups is 3. The lowest BCUT2D eigenvalue weighted by Crippen LogP contribution is -2.44. The molecule has 0 saturated heterocycles. The second-order valence-electron chi connectivity index (χ2n) is 5.40. The third-order valence-corrected chi connectivity index (χ3v) is 2.95. The van der Waals surface area contributed by atoms with Gasteiger partial charge in [0.1, 0.15) is 0 Å². The summed E-state index contributed by atoms with van der Waals surface area (Å²) in [4.78, 5) is 35.1. The molecule has 2 amide bonds. The van der Waals surface area contributed by atoms with Crippen LogP contribution in [0.5, 0.6) is 0 Å². The Labute approximate surface area is 140 Å². The van der Waals surface area contributed by atoms with Crippen molar-refractivity contribution < 1.29 is 24.2 Å². The van der Waals surface area contributed by atoms with Gasteiger partial charge in [-0.25, -0.2) is 4.79 Å². The summed E-state index contributed by atoms with van der Waals surface area (Å²) < 4.78 is 5.06. The average molecular weight is 334 g/mol. The van der Waals surface area contributed by atoms with Crippen molar-refractivity contribution in [2.45, 2.75) is 25.9 Å². The van der Waals surface area contributed by atoms with Gasteiger partial charge in [-0.2, -0.15) is 0 Å². The van der Waals surface area contributed by atoms with Crippen LogP contribution in [0.15, 0.2) is 36.9 Å². The number of carboxylic acids is 1. The minimum Gasteiger partial charge on any atom is -0.480 e. The van der Waals surface area contributed by atoms with Crippen molar-refractivity contribution in [3.63, 3.8) is 0 Å². The molecule has 1 atom stereocenters. The second kappa shape index (κ2) is 9.46. The molecule has 130 valence electrons. The Balaban J connectivity index is 2.71. The lowest BCUT2D eigenvalue weighted by atomic mass is 10.1. The zero-order valence-electron chi connectivity index (χ0n) is 13.7. The molecule has 3 N–H and O–H groups in total. The van der Waals surface area contributed by atoms with Gasteiger partial charge in [0.2, 0.25) is 0 Å². The number of amides is 2. The highest BCUT2D eigenvalue weighted by Crippen LogP contribution is 2.06. The maximum Gasteiger partial charge on any atom is 0.328 e. The highest BCUT2D eigenvalue weighted by atomic mass is 16.5. The number of rotatable bonds is 9. The van der Waals surface area contributed by atoms with Crippen LogP contribution in [-0.4, -0.2) is 48.2 Å². The molecule has 7 heteroatoms. The largest absolute Gasteiger partial charge is 0.480 e. The van der Waals surface area contributed by atoms with E-state index in [-0.39, 0.29) is 30.7 Å². The molecule has 0 aliphatic rings. The molecule has 0 bridgehead atoms. The van der Waals surface area contributed by atoms with E-state index in [2.05, 4.69) is 17.2 Å². The maximum absolute atomic E-state index is 12.1. The standard InChI is InChI=1S/C17H22N2O5/c1-4-9-24-10-14(17(22)23)19-16(21)13-7-5-12(6-8-13)15(20)18-11(2)3/h4-8,11,14H,1,9-10H2,2-3H3,(H,18,20)(H,19,21)(H,22,23). The number of carbonyl (C=O) groups excluding carboxylic acids is 2. The third-order valence-electron chi connectivity index (χ3n) is 2.95. The number of carboxylic acid groups (broad SMARTS) is 1. The first kappa shape index (κ1) is 19.4. The van der Waals surface area contributed by atoms with Crippen LogP contribution in [0.1, 0.15) is 34.6 Å². The Morgan fingerprint density at radius 1 is 1.12 bits per heavy atom. The van der Waals surface area contributed by atoms with E-state index in [4.69, 9.17) is 9.84 Å². The van der Waals surface area contributed by atoms with Crippen LogP contribution in [0, 0.1) is 0 Å². The van der Waals surface area contributed by atoms with Crippen molar-refractivity contribution in [2.75, 3.05) is 13.2 Å². The smallest absolute Gasteiger partial charge is 0.328 e. The zero-order chi connectivity index (χ0) is 18.1. The minimum absolute atomic E-state index is 0.00682. The molecule has 1 rings (SSSR count). The summed E-state index contributed by atoms with van der Waals surface area (Å²) in [5.74, 6) is -1.99. The summed E-state index contributed by atoms with van der Waals surface area (Å²) in [6, 6.07) is 4.80.